The molecule has 0 fully saturated rings. The number of nitrogens with one attached hydrogen (secondary N) is 1. The minimum atomic E-state index is -0.459. The summed E-state index contributed by atoms with van der Waals surface area (Å²) in [5.41, 5.74) is 10.7. The number of anilines is 2. The van der Waals surface area contributed by atoms with Gasteiger partial charge < -0.3 is 16.8 Å². The Hall–Kier alpha value is -1.85. The maximum Gasteiger partial charge on any atom is 0.240 e. The molecule has 82 valence electrons. The lowest BCUT2D eigenvalue weighted by molar-refractivity contribution is -0.119. The summed E-state index contributed by atoms with van der Waals surface area (Å²) in [4.78, 5) is 18.8. The monoisotopic (exact) mass is 209 g/mol. The van der Waals surface area contributed by atoms with E-state index in [1.54, 1.807) is 6.07 Å². The van der Waals surface area contributed by atoms with Crippen molar-refractivity contribution in [2.75, 3.05) is 11.1 Å². The second-order valence-corrected chi connectivity index (χ2v) is 3.60. The van der Waals surface area contributed by atoms with Crippen LogP contribution in [0.5, 0.6) is 0 Å². The molecule has 1 amide bonds. The van der Waals surface area contributed by atoms with Crippen molar-refractivity contribution in [3.8, 4) is 0 Å². The van der Waals surface area contributed by atoms with E-state index in [-0.39, 0.29) is 5.92 Å². The molecule has 1 atom stereocenters. The predicted octanol–water partition coefficient (Wildman–Crippen LogP) is -0.0194. The predicted molar refractivity (Wildman–Crippen MR) is 57.9 cm³/mol. The highest BCUT2D eigenvalue weighted by Gasteiger charge is 2.19. The van der Waals surface area contributed by atoms with Crippen molar-refractivity contribution >= 4 is 17.5 Å². The van der Waals surface area contributed by atoms with Gasteiger partial charge in [0, 0.05) is 6.07 Å². The minimum absolute atomic E-state index is 0.0821. The molecule has 0 aromatic carbocycles. The quantitative estimate of drug-likeness (QED) is 0.646. The van der Waals surface area contributed by atoms with Crippen LogP contribution in [0.4, 0.5) is 11.6 Å². The molecule has 1 unspecified atom stereocenters. The topological polar surface area (TPSA) is 107 Å². The number of nitrogens with two attached hydrogens (primary N) is 2. The number of amides is 1. The summed E-state index contributed by atoms with van der Waals surface area (Å²) in [5.74, 6) is 0.514. The van der Waals surface area contributed by atoms with E-state index in [9.17, 15) is 4.79 Å². The highest BCUT2D eigenvalue weighted by molar-refractivity contribution is 5.83. The van der Waals surface area contributed by atoms with Crippen molar-refractivity contribution in [1.82, 2.24) is 9.97 Å². The number of primary amides is 1. The molecule has 6 nitrogen and oxygen atoms in total. The van der Waals surface area contributed by atoms with E-state index in [0.717, 1.165) is 0 Å². The first-order chi connectivity index (χ1) is 7.00. The normalized spacial score (nSPS) is 12.5. The molecule has 0 spiro atoms. The third kappa shape index (κ3) is 3.08. The van der Waals surface area contributed by atoms with Crippen LogP contribution in [-0.4, -0.2) is 21.9 Å². The lowest BCUT2D eigenvalue weighted by Gasteiger charge is -2.19. The van der Waals surface area contributed by atoms with Crippen LogP contribution in [0, 0.1) is 5.92 Å². The van der Waals surface area contributed by atoms with Crippen LogP contribution in [0.1, 0.15) is 13.8 Å². The van der Waals surface area contributed by atoms with Gasteiger partial charge in [0.05, 0.1) is 0 Å². The lowest BCUT2D eigenvalue weighted by atomic mass is 10.0. The fourth-order valence-corrected chi connectivity index (χ4v) is 1.18. The van der Waals surface area contributed by atoms with Crippen molar-refractivity contribution in [3.63, 3.8) is 0 Å². The Morgan fingerprint density at radius 1 is 1.47 bits per heavy atom. The van der Waals surface area contributed by atoms with Crippen molar-refractivity contribution in [3.05, 3.63) is 12.4 Å². The minimum Gasteiger partial charge on any atom is -0.384 e. The molecule has 15 heavy (non-hydrogen) atoms. The Balaban J connectivity index is 2.79. The summed E-state index contributed by atoms with van der Waals surface area (Å²) in [5, 5.41) is 2.91. The van der Waals surface area contributed by atoms with Crippen molar-refractivity contribution in [1.29, 1.82) is 0 Å². The smallest absolute Gasteiger partial charge is 0.240 e. The number of carbonyl (C=O) groups excluding carboxylic acids is 1. The number of nitrogen functional groups attached to an aromatic ring is 1. The van der Waals surface area contributed by atoms with E-state index in [4.69, 9.17) is 11.5 Å². The van der Waals surface area contributed by atoms with Gasteiger partial charge in [0.2, 0.25) is 5.91 Å². The molecule has 0 aliphatic rings. The number of hydrogen-bond acceptors (Lipinski definition) is 5. The zero-order chi connectivity index (χ0) is 11.4. The van der Waals surface area contributed by atoms with E-state index in [2.05, 4.69) is 15.3 Å². The molecule has 1 heterocycles. The SMILES string of the molecule is CC(C)C(Nc1cc(N)ncn1)C(N)=O. The lowest BCUT2D eigenvalue weighted by Crippen LogP contribution is -2.39. The average molecular weight is 209 g/mol. The van der Waals surface area contributed by atoms with Gasteiger partial charge in [-0.15, -0.1) is 0 Å². The molecule has 6 heteroatoms. The Bertz CT molecular complexity index is 352. The Labute approximate surface area is 88.1 Å². The maximum absolute atomic E-state index is 11.1. The van der Waals surface area contributed by atoms with Gasteiger partial charge in [0.15, 0.2) is 0 Å². The standard InChI is InChI=1S/C9H15N5O/c1-5(2)8(9(11)15)14-7-3-6(10)12-4-13-7/h3-5,8H,1-2H3,(H2,11,15)(H3,10,12,13,14). The van der Waals surface area contributed by atoms with Gasteiger partial charge in [-0.05, 0) is 5.92 Å². The van der Waals surface area contributed by atoms with Gasteiger partial charge >= 0.3 is 0 Å². The van der Waals surface area contributed by atoms with Gasteiger partial charge in [-0.25, -0.2) is 9.97 Å². The molecule has 5 N–H and O–H groups in total. The second-order valence-electron chi connectivity index (χ2n) is 3.60. The van der Waals surface area contributed by atoms with Crippen LogP contribution in [0.15, 0.2) is 12.4 Å². The third-order valence-corrected chi connectivity index (χ3v) is 1.96. The number of rotatable bonds is 4. The van der Waals surface area contributed by atoms with Crippen LogP contribution in [0.2, 0.25) is 0 Å². The van der Waals surface area contributed by atoms with E-state index >= 15 is 0 Å². The summed E-state index contributed by atoms with van der Waals surface area (Å²) in [7, 11) is 0. The molecule has 0 bridgehead atoms. The van der Waals surface area contributed by atoms with E-state index in [0.29, 0.717) is 11.6 Å². The van der Waals surface area contributed by atoms with Gasteiger partial charge in [0.1, 0.15) is 24.0 Å². The molecule has 0 saturated heterocycles. The van der Waals surface area contributed by atoms with E-state index in [1.807, 2.05) is 13.8 Å². The van der Waals surface area contributed by atoms with Gasteiger partial charge in [-0.1, -0.05) is 13.8 Å². The second kappa shape index (κ2) is 4.59. The Kier molecular flexibility index (Phi) is 3.43. The van der Waals surface area contributed by atoms with Crippen molar-refractivity contribution in [2.45, 2.75) is 19.9 Å². The highest BCUT2D eigenvalue weighted by atomic mass is 16.1. The van der Waals surface area contributed by atoms with Crippen molar-refractivity contribution in [2.24, 2.45) is 11.7 Å². The molecule has 0 aliphatic heterocycles. The van der Waals surface area contributed by atoms with Gasteiger partial charge in [-0.3, -0.25) is 4.79 Å². The molecule has 0 saturated carbocycles. The van der Waals surface area contributed by atoms with Crippen LogP contribution in [-0.2, 0) is 4.79 Å². The van der Waals surface area contributed by atoms with E-state index in [1.165, 1.54) is 6.33 Å². The molecule has 1 aromatic heterocycles. The first-order valence-electron chi connectivity index (χ1n) is 4.64. The third-order valence-electron chi connectivity index (χ3n) is 1.96. The average Bonchev–Trinajstić information content (AvgIpc) is 2.13. The van der Waals surface area contributed by atoms with Gasteiger partial charge in [0.25, 0.3) is 0 Å². The zero-order valence-corrected chi connectivity index (χ0v) is 8.77. The summed E-state index contributed by atoms with van der Waals surface area (Å²) < 4.78 is 0. The highest BCUT2D eigenvalue weighted by Crippen LogP contribution is 2.11. The molecular formula is C9H15N5O. The molecule has 1 aromatic rings. The molecular weight excluding hydrogens is 194 g/mol. The van der Waals surface area contributed by atoms with Crippen LogP contribution < -0.4 is 16.8 Å². The van der Waals surface area contributed by atoms with Gasteiger partial charge in [-0.2, -0.15) is 0 Å². The maximum atomic E-state index is 11.1. The molecule has 0 radical (unpaired) electrons. The van der Waals surface area contributed by atoms with Crippen LogP contribution in [0.25, 0.3) is 0 Å². The molecule has 0 aliphatic carbocycles. The summed E-state index contributed by atoms with van der Waals surface area (Å²) in [6.45, 7) is 3.79. The first kappa shape index (κ1) is 11.2. The largest absolute Gasteiger partial charge is 0.384 e. The molecule has 1 rings (SSSR count). The summed E-state index contributed by atoms with van der Waals surface area (Å²) in [6.07, 6.45) is 1.33. The number of nitrogens with zero attached hydrogens (tertiary/aromatic N) is 2. The number of hydrogen-bond donors (Lipinski definition) is 3. The van der Waals surface area contributed by atoms with E-state index < -0.39 is 11.9 Å². The Morgan fingerprint density at radius 3 is 2.60 bits per heavy atom. The van der Waals surface area contributed by atoms with Crippen LogP contribution >= 0.6 is 0 Å². The summed E-state index contributed by atoms with van der Waals surface area (Å²) >= 11 is 0. The summed E-state index contributed by atoms with van der Waals surface area (Å²) in [6, 6.07) is 1.09. The number of carbonyl (C=O) groups is 1. The zero-order valence-electron chi connectivity index (χ0n) is 8.77. The van der Waals surface area contributed by atoms with Crippen LogP contribution in [0.3, 0.4) is 0 Å². The fraction of sp³-hybridized carbons (Fsp3) is 0.444. The Morgan fingerprint density at radius 2 is 2.13 bits per heavy atom. The fourth-order valence-electron chi connectivity index (χ4n) is 1.18. The first-order valence-corrected chi connectivity index (χ1v) is 4.64. The van der Waals surface area contributed by atoms with Crippen molar-refractivity contribution < 1.29 is 4.79 Å². The number of aromatic nitrogens is 2.